The first kappa shape index (κ1) is 13.3. The molecule has 0 spiro atoms. The Balaban J connectivity index is 1.68. The maximum atomic E-state index is 11.4. The van der Waals surface area contributed by atoms with Gasteiger partial charge in [0.25, 0.3) is 0 Å². The molecule has 2 nitrogen and oxygen atoms in total. The highest BCUT2D eigenvalue weighted by Crippen LogP contribution is 2.38. The fraction of sp³-hybridized carbons (Fsp3) is 0.692. The summed E-state index contributed by atoms with van der Waals surface area (Å²) in [6, 6.07) is 3.38. The van der Waals surface area contributed by atoms with Gasteiger partial charge in [0, 0.05) is 39.3 Å². The van der Waals surface area contributed by atoms with Crippen LogP contribution < -0.4 is 5.32 Å². The van der Waals surface area contributed by atoms with Gasteiger partial charge in [-0.15, -0.1) is 11.3 Å². The molecule has 1 atom stereocenters. The second-order valence-corrected chi connectivity index (χ2v) is 9.37. The summed E-state index contributed by atoms with van der Waals surface area (Å²) in [6.45, 7) is 0. The van der Waals surface area contributed by atoms with Crippen molar-refractivity contribution >= 4 is 38.1 Å². The predicted molar refractivity (Wildman–Crippen MR) is 81.7 cm³/mol. The van der Waals surface area contributed by atoms with Gasteiger partial charge in [-0.1, -0.05) is 0 Å². The minimum Gasteiger partial charge on any atom is -0.307 e. The Morgan fingerprint density at radius 2 is 2.11 bits per heavy atom. The van der Waals surface area contributed by atoms with Gasteiger partial charge in [0.1, 0.15) is 0 Å². The van der Waals surface area contributed by atoms with Gasteiger partial charge in [-0.3, -0.25) is 4.21 Å². The van der Waals surface area contributed by atoms with E-state index in [9.17, 15) is 4.21 Å². The van der Waals surface area contributed by atoms with Gasteiger partial charge in [0.15, 0.2) is 0 Å². The molecule has 100 valence electrons. The lowest BCUT2D eigenvalue weighted by Crippen LogP contribution is -2.38. The van der Waals surface area contributed by atoms with Crippen molar-refractivity contribution in [3.63, 3.8) is 0 Å². The zero-order chi connectivity index (χ0) is 12.5. The second kappa shape index (κ2) is 5.73. The minimum atomic E-state index is -0.554. The summed E-state index contributed by atoms with van der Waals surface area (Å²) >= 11 is 5.49. The van der Waals surface area contributed by atoms with Crippen LogP contribution in [-0.2, 0) is 17.2 Å². The van der Waals surface area contributed by atoms with E-state index in [0.717, 1.165) is 24.3 Å². The topological polar surface area (TPSA) is 29.1 Å². The first-order valence-corrected chi connectivity index (χ1v) is 9.71. The lowest BCUT2D eigenvalue weighted by atomic mass is 9.93. The van der Waals surface area contributed by atoms with Gasteiger partial charge in [-0.25, -0.2) is 0 Å². The Labute approximate surface area is 123 Å². The lowest BCUT2D eigenvalue weighted by Gasteiger charge is -2.30. The number of nitrogens with one attached hydrogen (secondary N) is 1. The summed E-state index contributed by atoms with van der Waals surface area (Å²) in [6.07, 6.45) is 5.91. The Kier molecular flexibility index (Phi) is 4.23. The van der Waals surface area contributed by atoms with E-state index in [1.165, 1.54) is 28.6 Å². The molecule has 1 aromatic heterocycles. The number of hydrogen-bond donors (Lipinski definition) is 1. The van der Waals surface area contributed by atoms with Crippen molar-refractivity contribution in [3.8, 4) is 0 Å². The van der Waals surface area contributed by atoms with Crippen LogP contribution in [0.2, 0.25) is 0 Å². The van der Waals surface area contributed by atoms with Crippen molar-refractivity contribution in [2.24, 2.45) is 0 Å². The van der Waals surface area contributed by atoms with Gasteiger partial charge >= 0.3 is 0 Å². The van der Waals surface area contributed by atoms with Gasteiger partial charge in [-0.05, 0) is 59.7 Å². The average Bonchev–Trinajstić information content (AvgIpc) is 2.73. The van der Waals surface area contributed by atoms with E-state index in [2.05, 4.69) is 27.3 Å². The normalized spacial score (nSPS) is 32.2. The third-order valence-electron chi connectivity index (χ3n) is 3.91. The number of hydrogen-bond acceptors (Lipinski definition) is 3. The molecule has 3 rings (SSSR count). The zero-order valence-corrected chi connectivity index (χ0v) is 13.5. The van der Waals surface area contributed by atoms with Crippen LogP contribution in [-0.4, -0.2) is 21.8 Å². The molecular formula is C13H18BrNOS2. The third-order valence-corrected chi connectivity index (χ3v) is 7.00. The highest BCUT2D eigenvalue weighted by atomic mass is 79.9. The molecule has 18 heavy (non-hydrogen) atoms. The third kappa shape index (κ3) is 2.89. The summed E-state index contributed by atoms with van der Waals surface area (Å²) in [5, 5.41) is 3.80. The molecule has 0 aromatic carbocycles. The number of fused-ring (bicyclic) bond motifs is 1. The van der Waals surface area contributed by atoms with Gasteiger partial charge in [0.2, 0.25) is 0 Å². The van der Waals surface area contributed by atoms with Crippen molar-refractivity contribution in [1.29, 1.82) is 0 Å². The zero-order valence-electron chi connectivity index (χ0n) is 10.3. The number of rotatable bonds is 2. The van der Waals surface area contributed by atoms with E-state index in [-0.39, 0.29) is 0 Å². The van der Waals surface area contributed by atoms with Crippen molar-refractivity contribution in [3.05, 3.63) is 20.3 Å². The molecule has 1 aromatic rings. The fourth-order valence-electron chi connectivity index (χ4n) is 2.94. The van der Waals surface area contributed by atoms with E-state index in [4.69, 9.17) is 0 Å². The second-order valence-electron chi connectivity index (χ2n) is 5.16. The summed E-state index contributed by atoms with van der Waals surface area (Å²) in [5.41, 5.74) is 1.50. The molecule has 0 saturated carbocycles. The van der Waals surface area contributed by atoms with E-state index >= 15 is 0 Å². The van der Waals surface area contributed by atoms with Crippen LogP contribution in [0.25, 0.3) is 0 Å². The predicted octanol–water partition coefficient (Wildman–Crippen LogP) is 3.39. The van der Waals surface area contributed by atoms with Crippen molar-refractivity contribution in [2.75, 3.05) is 11.5 Å². The molecule has 2 aliphatic rings. The Morgan fingerprint density at radius 1 is 1.33 bits per heavy atom. The van der Waals surface area contributed by atoms with Gasteiger partial charge < -0.3 is 5.32 Å². The van der Waals surface area contributed by atoms with Crippen LogP contribution in [0.15, 0.2) is 9.85 Å². The lowest BCUT2D eigenvalue weighted by molar-refractivity contribution is 0.378. The van der Waals surface area contributed by atoms with E-state index in [0.29, 0.717) is 12.1 Å². The molecule has 5 heteroatoms. The van der Waals surface area contributed by atoms with Crippen LogP contribution in [0.5, 0.6) is 0 Å². The quantitative estimate of drug-likeness (QED) is 0.888. The Bertz CT molecular complexity index is 450. The molecule has 1 N–H and O–H groups in total. The molecule has 1 saturated heterocycles. The van der Waals surface area contributed by atoms with Crippen molar-refractivity contribution < 1.29 is 4.21 Å². The summed E-state index contributed by atoms with van der Waals surface area (Å²) < 4.78 is 12.6. The van der Waals surface area contributed by atoms with Crippen LogP contribution in [0.4, 0.5) is 0 Å². The molecule has 0 bridgehead atoms. The van der Waals surface area contributed by atoms with Gasteiger partial charge in [0.05, 0.1) is 3.79 Å². The fourth-order valence-corrected chi connectivity index (χ4v) is 6.06. The summed E-state index contributed by atoms with van der Waals surface area (Å²) in [4.78, 5) is 1.55. The van der Waals surface area contributed by atoms with Crippen LogP contribution >= 0.6 is 27.3 Å². The maximum absolute atomic E-state index is 11.4. The van der Waals surface area contributed by atoms with Crippen LogP contribution in [0.1, 0.15) is 42.2 Å². The molecule has 1 aliphatic carbocycles. The number of aryl methyl sites for hydroxylation is 1. The molecule has 2 heterocycles. The van der Waals surface area contributed by atoms with Gasteiger partial charge in [-0.2, -0.15) is 0 Å². The molecule has 1 unspecified atom stereocenters. The molecule has 1 aliphatic heterocycles. The Hall–Kier alpha value is 0.290. The average molecular weight is 348 g/mol. The van der Waals surface area contributed by atoms with E-state index in [1.54, 1.807) is 4.88 Å². The van der Waals surface area contributed by atoms with Crippen LogP contribution in [0.3, 0.4) is 0 Å². The SMILES string of the molecule is O=S1CCC(NC2CCCc3sc(Br)cc32)CC1. The molecular weight excluding hydrogens is 330 g/mol. The van der Waals surface area contributed by atoms with E-state index < -0.39 is 10.8 Å². The monoisotopic (exact) mass is 347 g/mol. The number of thiophene rings is 1. The standard InChI is InChI=1S/C13H18BrNOS2/c14-13-8-10-11(2-1-3-12(10)17-13)15-9-4-6-18(16)7-5-9/h8-9,11,15H,1-7H2. The summed E-state index contributed by atoms with van der Waals surface area (Å²) in [5.74, 6) is 1.76. The maximum Gasteiger partial charge on any atom is 0.0704 e. The number of halogens is 1. The first-order chi connectivity index (χ1) is 8.72. The minimum absolute atomic E-state index is 0.521. The highest BCUT2D eigenvalue weighted by molar-refractivity contribution is 9.11. The summed E-state index contributed by atoms with van der Waals surface area (Å²) in [7, 11) is -0.554. The van der Waals surface area contributed by atoms with Crippen molar-refractivity contribution in [1.82, 2.24) is 5.32 Å². The molecule has 1 fully saturated rings. The van der Waals surface area contributed by atoms with E-state index in [1.807, 2.05) is 11.3 Å². The largest absolute Gasteiger partial charge is 0.307 e. The Morgan fingerprint density at radius 3 is 2.89 bits per heavy atom. The highest BCUT2D eigenvalue weighted by Gasteiger charge is 2.26. The molecule has 0 amide bonds. The first-order valence-electron chi connectivity index (χ1n) is 6.61. The molecule has 0 radical (unpaired) electrons. The van der Waals surface area contributed by atoms with Crippen LogP contribution in [0, 0.1) is 0 Å². The smallest absolute Gasteiger partial charge is 0.0704 e. The van der Waals surface area contributed by atoms with Crippen molar-refractivity contribution in [2.45, 2.75) is 44.2 Å².